The number of hydrogen-bond donors (Lipinski definition) is 1. The van der Waals surface area contributed by atoms with Gasteiger partial charge in [-0.3, -0.25) is 0 Å². The third-order valence-electron chi connectivity index (χ3n) is 4.57. The molecule has 2 unspecified atom stereocenters. The summed E-state index contributed by atoms with van der Waals surface area (Å²) in [5, 5.41) is 3.77. The van der Waals surface area contributed by atoms with E-state index in [1.807, 2.05) is 12.1 Å². The second kappa shape index (κ2) is 8.00. The number of hydrogen-bond acceptors (Lipinski definition) is 3. The molecule has 1 aromatic rings. The van der Waals surface area contributed by atoms with Crippen LogP contribution in [0, 0.1) is 11.3 Å². The fourth-order valence-corrected chi connectivity index (χ4v) is 3.44. The molecule has 3 heteroatoms. The fourth-order valence-electron chi connectivity index (χ4n) is 3.44. The molecular formula is C18H31NO2. The Bertz CT molecular complexity index is 380. The maximum Gasteiger partial charge on any atom is 0.129 e. The molecule has 1 heterocycles. The van der Waals surface area contributed by atoms with E-state index in [4.69, 9.17) is 9.15 Å². The second-order valence-electron chi connectivity index (χ2n) is 7.30. The summed E-state index contributed by atoms with van der Waals surface area (Å²) in [5.41, 5.74) is 0.411. The minimum absolute atomic E-state index is 0.411. The first-order valence-electron chi connectivity index (χ1n) is 8.41. The smallest absolute Gasteiger partial charge is 0.129 e. The molecule has 2 atom stereocenters. The van der Waals surface area contributed by atoms with Crippen molar-refractivity contribution in [3.05, 3.63) is 24.2 Å². The lowest BCUT2D eigenvalue weighted by molar-refractivity contribution is 0.0976. The van der Waals surface area contributed by atoms with Gasteiger partial charge in [0.05, 0.1) is 6.26 Å². The van der Waals surface area contributed by atoms with Crippen molar-refractivity contribution in [1.29, 1.82) is 0 Å². The SMILES string of the molecule is CC(C)(C)C1CCCCC1NCCCOCc1ccco1. The summed E-state index contributed by atoms with van der Waals surface area (Å²) >= 11 is 0. The Morgan fingerprint density at radius 1 is 1.29 bits per heavy atom. The lowest BCUT2D eigenvalue weighted by Crippen LogP contribution is -2.44. The minimum Gasteiger partial charge on any atom is -0.467 e. The first kappa shape index (κ1) is 16.6. The molecule has 1 aliphatic carbocycles. The molecule has 0 saturated heterocycles. The van der Waals surface area contributed by atoms with E-state index in [0.29, 0.717) is 18.1 Å². The number of rotatable bonds is 7. The zero-order valence-corrected chi connectivity index (χ0v) is 13.9. The molecular weight excluding hydrogens is 262 g/mol. The van der Waals surface area contributed by atoms with Crippen molar-refractivity contribution in [2.75, 3.05) is 13.2 Å². The third-order valence-corrected chi connectivity index (χ3v) is 4.57. The van der Waals surface area contributed by atoms with Gasteiger partial charge < -0.3 is 14.5 Å². The Hall–Kier alpha value is -0.800. The molecule has 0 amide bonds. The Kier molecular flexibility index (Phi) is 6.31. The summed E-state index contributed by atoms with van der Waals surface area (Å²) in [7, 11) is 0. The summed E-state index contributed by atoms with van der Waals surface area (Å²) in [6.07, 6.45) is 8.22. The lowest BCUT2D eigenvalue weighted by atomic mass is 9.69. The summed E-state index contributed by atoms with van der Waals surface area (Å²) < 4.78 is 10.9. The van der Waals surface area contributed by atoms with Gasteiger partial charge in [0.15, 0.2) is 0 Å². The molecule has 0 aliphatic heterocycles. The van der Waals surface area contributed by atoms with Crippen LogP contribution in [0.3, 0.4) is 0 Å². The fraction of sp³-hybridized carbons (Fsp3) is 0.778. The quantitative estimate of drug-likeness (QED) is 0.758. The molecule has 21 heavy (non-hydrogen) atoms. The van der Waals surface area contributed by atoms with Crippen LogP contribution in [0.5, 0.6) is 0 Å². The van der Waals surface area contributed by atoms with Crippen molar-refractivity contribution in [2.24, 2.45) is 11.3 Å². The van der Waals surface area contributed by atoms with E-state index in [9.17, 15) is 0 Å². The Morgan fingerprint density at radius 2 is 2.10 bits per heavy atom. The Morgan fingerprint density at radius 3 is 2.81 bits per heavy atom. The van der Waals surface area contributed by atoms with Gasteiger partial charge in [-0.1, -0.05) is 33.6 Å². The van der Waals surface area contributed by atoms with Crippen LogP contribution < -0.4 is 5.32 Å². The monoisotopic (exact) mass is 293 g/mol. The highest BCUT2D eigenvalue weighted by molar-refractivity contribution is 4.96. The molecule has 120 valence electrons. The first-order chi connectivity index (χ1) is 10.1. The van der Waals surface area contributed by atoms with Gasteiger partial charge in [0, 0.05) is 12.6 Å². The van der Waals surface area contributed by atoms with E-state index in [1.54, 1.807) is 6.26 Å². The largest absolute Gasteiger partial charge is 0.467 e. The van der Waals surface area contributed by atoms with Gasteiger partial charge in [-0.25, -0.2) is 0 Å². The average Bonchev–Trinajstić information content (AvgIpc) is 2.95. The van der Waals surface area contributed by atoms with Gasteiger partial charge in [-0.15, -0.1) is 0 Å². The molecule has 1 saturated carbocycles. The molecule has 1 N–H and O–H groups in total. The molecule has 0 radical (unpaired) electrons. The number of furan rings is 1. The average molecular weight is 293 g/mol. The predicted octanol–water partition coefficient (Wildman–Crippen LogP) is 4.38. The second-order valence-corrected chi connectivity index (χ2v) is 7.30. The van der Waals surface area contributed by atoms with Crippen LogP contribution in [0.15, 0.2) is 22.8 Å². The van der Waals surface area contributed by atoms with Crippen molar-refractivity contribution >= 4 is 0 Å². The maximum atomic E-state index is 5.63. The van der Waals surface area contributed by atoms with Crippen LogP contribution in [0.4, 0.5) is 0 Å². The zero-order valence-electron chi connectivity index (χ0n) is 13.9. The Labute approximate surface area is 129 Å². The molecule has 0 spiro atoms. The zero-order chi connectivity index (χ0) is 15.1. The lowest BCUT2D eigenvalue weighted by Gasteiger charge is -2.41. The molecule has 3 nitrogen and oxygen atoms in total. The van der Waals surface area contributed by atoms with Crippen LogP contribution in [0.2, 0.25) is 0 Å². The van der Waals surface area contributed by atoms with Crippen LogP contribution in [-0.4, -0.2) is 19.2 Å². The molecule has 2 rings (SSSR count). The Balaban J connectivity index is 1.60. The standard InChI is InChI=1S/C18H31NO2/c1-18(2,3)16-9-4-5-10-17(16)19-11-7-12-20-14-15-8-6-13-21-15/h6,8,13,16-17,19H,4-5,7,9-12,14H2,1-3H3. The van der Waals surface area contributed by atoms with Gasteiger partial charge in [0.25, 0.3) is 0 Å². The molecule has 1 aliphatic rings. The van der Waals surface area contributed by atoms with Crippen molar-refractivity contribution < 1.29 is 9.15 Å². The van der Waals surface area contributed by atoms with Gasteiger partial charge in [0.1, 0.15) is 12.4 Å². The van der Waals surface area contributed by atoms with Crippen LogP contribution in [0.25, 0.3) is 0 Å². The predicted molar refractivity (Wildman–Crippen MR) is 86.2 cm³/mol. The minimum atomic E-state index is 0.411. The van der Waals surface area contributed by atoms with E-state index in [2.05, 4.69) is 26.1 Å². The highest BCUT2D eigenvalue weighted by atomic mass is 16.5. The van der Waals surface area contributed by atoms with Gasteiger partial charge in [-0.05, 0) is 49.3 Å². The van der Waals surface area contributed by atoms with Gasteiger partial charge >= 0.3 is 0 Å². The molecule has 0 aromatic carbocycles. The van der Waals surface area contributed by atoms with Crippen LogP contribution in [-0.2, 0) is 11.3 Å². The van der Waals surface area contributed by atoms with Crippen molar-refractivity contribution in [1.82, 2.24) is 5.32 Å². The maximum absolute atomic E-state index is 5.63. The van der Waals surface area contributed by atoms with E-state index in [0.717, 1.165) is 31.3 Å². The molecule has 1 aromatic heterocycles. The normalized spacial score (nSPS) is 23.4. The van der Waals surface area contributed by atoms with Crippen molar-refractivity contribution in [3.63, 3.8) is 0 Å². The molecule has 1 fully saturated rings. The number of nitrogens with one attached hydrogen (secondary N) is 1. The highest BCUT2D eigenvalue weighted by Crippen LogP contribution is 2.37. The van der Waals surface area contributed by atoms with Crippen LogP contribution >= 0.6 is 0 Å². The van der Waals surface area contributed by atoms with E-state index in [1.165, 1.54) is 25.7 Å². The van der Waals surface area contributed by atoms with Gasteiger partial charge in [-0.2, -0.15) is 0 Å². The summed E-state index contributed by atoms with van der Waals surface area (Å²) in [4.78, 5) is 0. The van der Waals surface area contributed by atoms with E-state index >= 15 is 0 Å². The van der Waals surface area contributed by atoms with Gasteiger partial charge in [0.2, 0.25) is 0 Å². The number of ether oxygens (including phenoxy) is 1. The summed E-state index contributed by atoms with van der Waals surface area (Å²) in [5.74, 6) is 1.71. The van der Waals surface area contributed by atoms with Crippen molar-refractivity contribution in [2.45, 2.75) is 65.5 Å². The van der Waals surface area contributed by atoms with E-state index in [-0.39, 0.29) is 0 Å². The summed E-state index contributed by atoms with van der Waals surface area (Å²) in [6, 6.07) is 4.54. The third kappa shape index (κ3) is 5.48. The molecule has 0 bridgehead atoms. The van der Waals surface area contributed by atoms with Crippen molar-refractivity contribution in [3.8, 4) is 0 Å². The van der Waals surface area contributed by atoms with Crippen LogP contribution in [0.1, 0.15) is 58.6 Å². The summed E-state index contributed by atoms with van der Waals surface area (Å²) in [6.45, 7) is 9.56. The first-order valence-corrected chi connectivity index (χ1v) is 8.41. The highest BCUT2D eigenvalue weighted by Gasteiger charge is 2.33. The van der Waals surface area contributed by atoms with E-state index < -0.39 is 0 Å². The topological polar surface area (TPSA) is 34.4 Å².